The Morgan fingerprint density at radius 3 is 2.31 bits per heavy atom. The molecule has 0 aliphatic heterocycles. The fourth-order valence-electron chi connectivity index (χ4n) is 7.92. The Kier molecular flexibility index (Phi) is 6.80. The van der Waals surface area contributed by atoms with E-state index in [-0.39, 0.29) is 6.10 Å². The monoisotopic (exact) mass is 362 g/mol. The van der Waals surface area contributed by atoms with E-state index < -0.39 is 0 Å². The number of hydrogen-bond acceptors (Lipinski definition) is 1. The van der Waals surface area contributed by atoms with Gasteiger partial charge in [0.1, 0.15) is 0 Å². The summed E-state index contributed by atoms with van der Waals surface area (Å²) in [7, 11) is 0. The molecule has 1 N–H and O–H groups in total. The molecule has 0 heterocycles. The Bertz CT molecular complexity index is 439. The van der Waals surface area contributed by atoms with Crippen LogP contribution in [0.25, 0.3) is 0 Å². The van der Waals surface area contributed by atoms with E-state index in [9.17, 15) is 5.11 Å². The average Bonchev–Trinajstić information content (AvgIpc) is 3.37. The summed E-state index contributed by atoms with van der Waals surface area (Å²) in [4.78, 5) is 0. The van der Waals surface area contributed by atoms with Gasteiger partial charge in [-0.05, 0) is 98.7 Å². The fraction of sp³-hybridized carbons (Fsp3) is 1.00. The predicted octanol–water partition coefficient (Wildman–Crippen LogP) is 7.08. The lowest BCUT2D eigenvalue weighted by Gasteiger charge is -2.55. The van der Waals surface area contributed by atoms with Gasteiger partial charge in [-0.2, -0.15) is 0 Å². The van der Waals surface area contributed by atoms with Crippen LogP contribution < -0.4 is 0 Å². The van der Waals surface area contributed by atoms with Crippen LogP contribution in [-0.4, -0.2) is 11.2 Å². The van der Waals surface area contributed by atoms with Crippen LogP contribution in [-0.2, 0) is 0 Å². The van der Waals surface area contributed by atoms with Crippen LogP contribution in [0.2, 0.25) is 0 Å². The third-order valence-electron chi connectivity index (χ3n) is 9.13. The van der Waals surface area contributed by atoms with Gasteiger partial charge < -0.3 is 5.11 Å². The molecule has 0 saturated heterocycles. The molecule has 1 nitrogen and oxygen atoms in total. The standard InChI is InChI=1S/C23H40O.C2H6/c1-4-5-18-17(14-16-6-7-16)8-9-20-19(18)12-13-23(3)21(15(2)24)10-11-22(20)23;1-2/h15-22,24H,4-14H2,1-3H3;1-2H3. The van der Waals surface area contributed by atoms with Crippen molar-refractivity contribution in [1.82, 2.24) is 0 Å². The van der Waals surface area contributed by atoms with E-state index in [1.54, 1.807) is 6.42 Å². The first-order valence-corrected chi connectivity index (χ1v) is 12.2. The second kappa shape index (κ2) is 8.54. The fourth-order valence-corrected chi connectivity index (χ4v) is 7.92. The van der Waals surface area contributed by atoms with Crippen LogP contribution >= 0.6 is 0 Å². The molecule has 0 spiro atoms. The molecule has 0 aromatic heterocycles. The molecule has 152 valence electrons. The van der Waals surface area contributed by atoms with Gasteiger partial charge >= 0.3 is 0 Å². The number of rotatable bonds is 5. The van der Waals surface area contributed by atoms with E-state index >= 15 is 0 Å². The van der Waals surface area contributed by atoms with E-state index in [0.29, 0.717) is 11.3 Å². The topological polar surface area (TPSA) is 20.2 Å². The molecular formula is C25H46O. The van der Waals surface area contributed by atoms with Crippen LogP contribution in [0.4, 0.5) is 0 Å². The quantitative estimate of drug-likeness (QED) is 0.554. The Balaban J connectivity index is 0.000000948. The molecule has 0 amide bonds. The maximum Gasteiger partial charge on any atom is 0.0545 e. The largest absolute Gasteiger partial charge is 0.393 e. The average molecular weight is 363 g/mol. The highest BCUT2D eigenvalue weighted by atomic mass is 16.3. The lowest BCUT2D eigenvalue weighted by Crippen LogP contribution is -2.48. The van der Waals surface area contributed by atoms with Gasteiger partial charge in [0.25, 0.3) is 0 Å². The molecule has 4 fully saturated rings. The molecule has 0 bridgehead atoms. The molecule has 1 heteroatoms. The van der Waals surface area contributed by atoms with Crippen molar-refractivity contribution < 1.29 is 5.11 Å². The smallest absolute Gasteiger partial charge is 0.0545 e. The predicted molar refractivity (Wildman–Crippen MR) is 112 cm³/mol. The van der Waals surface area contributed by atoms with Crippen LogP contribution in [0.15, 0.2) is 0 Å². The zero-order valence-corrected chi connectivity index (χ0v) is 18.3. The molecule has 0 radical (unpaired) electrons. The van der Waals surface area contributed by atoms with Crippen molar-refractivity contribution in [2.75, 3.05) is 0 Å². The SMILES string of the molecule is CC.CCCC1C(CC2CC2)CCC2C1CCC1(C)C(C(C)O)CCC21. The first-order valence-electron chi connectivity index (χ1n) is 12.2. The van der Waals surface area contributed by atoms with Crippen LogP contribution in [0.5, 0.6) is 0 Å². The van der Waals surface area contributed by atoms with E-state index in [4.69, 9.17) is 0 Å². The number of hydrogen-bond donors (Lipinski definition) is 1. The van der Waals surface area contributed by atoms with Crippen molar-refractivity contribution >= 4 is 0 Å². The number of aliphatic hydroxyl groups excluding tert-OH is 1. The normalized spacial score (nSPS) is 45.9. The number of fused-ring (bicyclic) bond motifs is 3. The van der Waals surface area contributed by atoms with Crippen molar-refractivity contribution in [3.63, 3.8) is 0 Å². The van der Waals surface area contributed by atoms with Gasteiger partial charge in [0.15, 0.2) is 0 Å². The highest BCUT2D eigenvalue weighted by Gasteiger charge is 2.57. The lowest BCUT2D eigenvalue weighted by molar-refractivity contribution is -0.0732. The van der Waals surface area contributed by atoms with Gasteiger partial charge in [0, 0.05) is 0 Å². The minimum atomic E-state index is -0.103. The van der Waals surface area contributed by atoms with Crippen LogP contribution in [0.3, 0.4) is 0 Å². The zero-order valence-electron chi connectivity index (χ0n) is 18.3. The third-order valence-corrected chi connectivity index (χ3v) is 9.13. The Morgan fingerprint density at radius 1 is 0.962 bits per heavy atom. The zero-order chi connectivity index (χ0) is 18.9. The minimum absolute atomic E-state index is 0.103. The summed E-state index contributed by atoms with van der Waals surface area (Å²) in [5.74, 6) is 6.68. The van der Waals surface area contributed by atoms with Gasteiger partial charge in [0.05, 0.1) is 6.10 Å². The van der Waals surface area contributed by atoms with E-state index in [0.717, 1.165) is 35.5 Å². The van der Waals surface area contributed by atoms with Crippen LogP contribution in [0.1, 0.15) is 105 Å². The maximum atomic E-state index is 10.3. The summed E-state index contributed by atoms with van der Waals surface area (Å²) >= 11 is 0. The van der Waals surface area contributed by atoms with Crippen molar-refractivity contribution in [3.8, 4) is 0 Å². The van der Waals surface area contributed by atoms with Gasteiger partial charge in [-0.15, -0.1) is 0 Å². The minimum Gasteiger partial charge on any atom is -0.393 e. The molecule has 8 atom stereocenters. The van der Waals surface area contributed by atoms with E-state index in [2.05, 4.69) is 20.8 Å². The lowest BCUT2D eigenvalue weighted by atomic mass is 9.50. The molecule has 8 unspecified atom stereocenters. The maximum absolute atomic E-state index is 10.3. The molecule has 4 saturated carbocycles. The first kappa shape index (κ1) is 20.7. The van der Waals surface area contributed by atoms with Crippen molar-refractivity contribution in [3.05, 3.63) is 0 Å². The molecule has 4 rings (SSSR count). The molecule has 0 aromatic carbocycles. The number of aliphatic hydroxyl groups is 1. The summed E-state index contributed by atoms with van der Waals surface area (Å²) in [6.07, 6.45) is 16.0. The second-order valence-corrected chi connectivity index (χ2v) is 10.4. The van der Waals surface area contributed by atoms with E-state index in [1.807, 2.05) is 13.8 Å². The summed E-state index contributed by atoms with van der Waals surface area (Å²) in [5.41, 5.74) is 0.440. The van der Waals surface area contributed by atoms with Gasteiger partial charge in [-0.3, -0.25) is 0 Å². The van der Waals surface area contributed by atoms with Gasteiger partial charge in [-0.25, -0.2) is 0 Å². The molecule has 26 heavy (non-hydrogen) atoms. The summed E-state index contributed by atoms with van der Waals surface area (Å²) in [5, 5.41) is 10.3. The Hall–Kier alpha value is -0.0400. The third kappa shape index (κ3) is 3.76. The first-order chi connectivity index (χ1) is 12.5. The molecule has 4 aliphatic carbocycles. The van der Waals surface area contributed by atoms with Crippen LogP contribution in [0, 0.1) is 46.8 Å². The van der Waals surface area contributed by atoms with Crippen molar-refractivity contribution in [2.24, 2.45) is 46.8 Å². The Morgan fingerprint density at radius 2 is 1.69 bits per heavy atom. The Labute approximate surface area is 163 Å². The second-order valence-electron chi connectivity index (χ2n) is 10.4. The van der Waals surface area contributed by atoms with Gasteiger partial charge in [0.2, 0.25) is 0 Å². The highest BCUT2D eigenvalue weighted by molar-refractivity contribution is 5.06. The summed E-state index contributed by atoms with van der Waals surface area (Å²) in [6.45, 7) is 11.0. The van der Waals surface area contributed by atoms with Crippen molar-refractivity contribution in [2.45, 2.75) is 111 Å². The van der Waals surface area contributed by atoms with E-state index in [1.165, 1.54) is 64.2 Å². The van der Waals surface area contributed by atoms with Crippen molar-refractivity contribution in [1.29, 1.82) is 0 Å². The molecule has 4 aliphatic rings. The summed E-state index contributed by atoms with van der Waals surface area (Å²) in [6, 6.07) is 0. The van der Waals surface area contributed by atoms with Gasteiger partial charge in [-0.1, -0.05) is 53.4 Å². The summed E-state index contributed by atoms with van der Waals surface area (Å²) < 4.78 is 0. The molecular weight excluding hydrogens is 316 g/mol. The highest BCUT2D eigenvalue weighted by Crippen LogP contribution is 2.64. The molecule has 0 aromatic rings.